The van der Waals surface area contributed by atoms with Crippen LogP contribution in [0.5, 0.6) is 0 Å². The second-order valence-electron chi connectivity index (χ2n) is 4.24. The molecule has 6 N–H and O–H groups in total. The van der Waals surface area contributed by atoms with E-state index in [4.69, 9.17) is 26.3 Å². The number of carboxylic acids is 3. The maximum Gasteiger partial charge on any atom is 0.335 e. The molecule has 0 rings (SSSR count). The first-order valence-corrected chi connectivity index (χ1v) is 5.67. The zero-order valence-corrected chi connectivity index (χ0v) is 10.9. The van der Waals surface area contributed by atoms with E-state index >= 15 is 0 Å². The largest absolute Gasteiger partial charge is 0.481 e. The molecule has 0 bridgehead atoms. The lowest BCUT2D eigenvalue weighted by atomic mass is 9.78. The van der Waals surface area contributed by atoms with Crippen LogP contribution in [-0.2, 0) is 24.0 Å². The third-order valence-electron chi connectivity index (χ3n) is 2.41. The fourth-order valence-corrected chi connectivity index (χ4v) is 1.62. The van der Waals surface area contributed by atoms with Gasteiger partial charge in [-0.3, -0.25) is 19.6 Å². The van der Waals surface area contributed by atoms with Crippen molar-refractivity contribution in [1.82, 2.24) is 5.23 Å². The molecule has 0 radical (unpaired) electrons. The van der Waals surface area contributed by atoms with Crippen molar-refractivity contribution >= 4 is 23.9 Å². The Morgan fingerprint density at radius 1 is 0.952 bits per heavy atom. The summed E-state index contributed by atoms with van der Waals surface area (Å²) in [6, 6.07) is 0. The first kappa shape index (κ1) is 18.8. The number of carbonyl (C=O) groups is 4. The molecule has 0 saturated carbocycles. The third-order valence-corrected chi connectivity index (χ3v) is 2.41. The van der Waals surface area contributed by atoms with Gasteiger partial charge in [0.1, 0.15) is 5.41 Å². The number of aliphatic carboxylic acids is 3. The number of hydrogen-bond donors (Lipinski definition) is 5. The highest BCUT2D eigenvalue weighted by Gasteiger charge is 2.47. The van der Waals surface area contributed by atoms with Crippen LogP contribution in [0, 0.1) is 5.41 Å². The van der Waals surface area contributed by atoms with Crippen LogP contribution in [0.3, 0.4) is 0 Å². The van der Waals surface area contributed by atoms with Crippen molar-refractivity contribution in [3.05, 3.63) is 0 Å². The first-order chi connectivity index (χ1) is 9.62. The van der Waals surface area contributed by atoms with Crippen molar-refractivity contribution in [3.63, 3.8) is 0 Å². The van der Waals surface area contributed by atoms with Crippen molar-refractivity contribution in [2.24, 2.45) is 11.1 Å². The van der Waals surface area contributed by atoms with Gasteiger partial charge in [-0.05, 0) is 5.23 Å². The van der Waals surface area contributed by atoms with Crippen LogP contribution in [-0.4, -0.2) is 62.7 Å². The van der Waals surface area contributed by atoms with Crippen LogP contribution in [0.1, 0.15) is 19.3 Å². The molecule has 0 aliphatic carbocycles. The van der Waals surface area contributed by atoms with Gasteiger partial charge in [0.2, 0.25) is 0 Å². The first-order valence-electron chi connectivity index (χ1n) is 5.67. The van der Waals surface area contributed by atoms with Crippen LogP contribution in [0.15, 0.2) is 0 Å². The molecule has 120 valence electrons. The summed E-state index contributed by atoms with van der Waals surface area (Å²) in [6.45, 7) is -0.442. The summed E-state index contributed by atoms with van der Waals surface area (Å²) in [5, 5.41) is 35.5. The van der Waals surface area contributed by atoms with E-state index in [2.05, 4.69) is 4.84 Å². The highest BCUT2D eigenvalue weighted by Crippen LogP contribution is 2.33. The number of carboxylic acid groups (broad SMARTS) is 3. The highest BCUT2D eigenvalue weighted by molar-refractivity contribution is 5.90. The molecule has 0 aliphatic rings. The zero-order valence-electron chi connectivity index (χ0n) is 10.9. The van der Waals surface area contributed by atoms with E-state index in [-0.39, 0.29) is 18.3 Å². The molecule has 0 unspecified atom stereocenters. The Kier molecular flexibility index (Phi) is 7.27. The predicted octanol–water partition coefficient (Wildman–Crippen LogP) is -1.49. The molecule has 0 aromatic rings. The van der Waals surface area contributed by atoms with Crippen molar-refractivity contribution in [2.75, 3.05) is 13.1 Å². The number of hydroxylamine groups is 2. The predicted molar refractivity (Wildman–Crippen MR) is 62.8 cm³/mol. The summed E-state index contributed by atoms with van der Waals surface area (Å²) < 4.78 is 0. The van der Waals surface area contributed by atoms with Crippen LogP contribution in [0.4, 0.5) is 0 Å². The van der Waals surface area contributed by atoms with E-state index in [0.717, 1.165) is 0 Å². The zero-order chi connectivity index (χ0) is 16.6. The average Bonchev–Trinajstić information content (AvgIpc) is 2.25. The van der Waals surface area contributed by atoms with E-state index in [1.165, 1.54) is 0 Å². The number of rotatable bonds is 10. The Morgan fingerprint density at radius 2 is 1.33 bits per heavy atom. The minimum Gasteiger partial charge on any atom is -0.481 e. The minimum atomic E-state index is -2.35. The topological polar surface area (TPSA) is 188 Å². The fraction of sp³-hybridized carbons (Fsp3) is 0.600. The molecule has 0 aliphatic heterocycles. The summed E-state index contributed by atoms with van der Waals surface area (Å²) in [4.78, 5) is 48.7. The van der Waals surface area contributed by atoms with Crippen LogP contribution >= 0.6 is 0 Å². The maximum absolute atomic E-state index is 11.9. The van der Waals surface area contributed by atoms with Crippen molar-refractivity contribution in [1.29, 1.82) is 0 Å². The lowest BCUT2D eigenvalue weighted by Gasteiger charge is -2.27. The monoisotopic (exact) mass is 308 g/mol. The van der Waals surface area contributed by atoms with E-state index in [1.54, 1.807) is 0 Å². The van der Waals surface area contributed by atoms with Crippen molar-refractivity contribution < 1.29 is 44.5 Å². The molecular formula is C10H16N2O9. The van der Waals surface area contributed by atoms with E-state index in [9.17, 15) is 19.2 Å². The van der Waals surface area contributed by atoms with Gasteiger partial charge in [0.25, 0.3) is 0 Å². The van der Waals surface area contributed by atoms with Gasteiger partial charge in [-0.15, -0.1) is 0 Å². The van der Waals surface area contributed by atoms with E-state index < -0.39 is 48.6 Å². The lowest BCUT2D eigenvalue weighted by Crippen LogP contribution is -2.43. The second kappa shape index (κ2) is 8.14. The van der Waals surface area contributed by atoms with Gasteiger partial charge in [-0.25, -0.2) is 4.79 Å². The van der Waals surface area contributed by atoms with Crippen LogP contribution in [0.25, 0.3) is 0 Å². The molecule has 11 nitrogen and oxygen atoms in total. The van der Waals surface area contributed by atoms with Gasteiger partial charge in [-0.1, -0.05) is 0 Å². The number of carbonyl (C=O) groups excluding carboxylic acids is 1. The third kappa shape index (κ3) is 6.65. The smallest absolute Gasteiger partial charge is 0.335 e. The normalized spacial score (nSPS) is 11.2. The van der Waals surface area contributed by atoms with Gasteiger partial charge in [0, 0.05) is 6.54 Å². The fourth-order valence-electron chi connectivity index (χ4n) is 1.62. The summed E-state index contributed by atoms with van der Waals surface area (Å²) in [5.41, 5.74) is 2.73. The van der Waals surface area contributed by atoms with Gasteiger partial charge in [0.05, 0.1) is 25.8 Å². The Balaban J connectivity index is 5.39. The van der Waals surface area contributed by atoms with E-state index in [0.29, 0.717) is 0 Å². The highest BCUT2D eigenvalue weighted by atomic mass is 16.9. The molecule has 0 spiro atoms. The summed E-state index contributed by atoms with van der Waals surface area (Å²) in [6.07, 6.45) is -3.25. The second-order valence-corrected chi connectivity index (χ2v) is 4.24. The number of nitrogens with zero attached hydrogens (tertiary/aromatic N) is 1. The van der Waals surface area contributed by atoms with Crippen molar-refractivity contribution in [2.45, 2.75) is 19.3 Å². The Bertz CT molecular complexity index is 382. The molecule has 0 amide bonds. The van der Waals surface area contributed by atoms with Crippen LogP contribution in [0.2, 0.25) is 0 Å². The standard InChI is InChI=1S/C10H16N2O9/c11-1-2-12(20)21-9(19)10(3-6(13)14,4-7(15)16)5-8(17)18/h20H,1-5,11H2,(H,13,14)(H,15,16)(H,17,18). The SMILES string of the molecule is NCCN(O)OC(=O)C(CC(=O)O)(CC(=O)O)CC(=O)O. The molecule has 0 heterocycles. The number of hydrogen-bond acceptors (Lipinski definition) is 8. The molecule has 11 heteroatoms. The lowest BCUT2D eigenvalue weighted by molar-refractivity contribution is -0.321. The molecule has 0 aromatic heterocycles. The maximum atomic E-state index is 11.9. The average molecular weight is 308 g/mol. The summed E-state index contributed by atoms with van der Waals surface area (Å²) in [5.74, 6) is -6.24. The molecule has 0 fully saturated rings. The van der Waals surface area contributed by atoms with Gasteiger partial charge < -0.3 is 25.9 Å². The van der Waals surface area contributed by atoms with E-state index in [1.807, 2.05) is 0 Å². The molecule has 21 heavy (non-hydrogen) atoms. The van der Waals surface area contributed by atoms with Gasteiger partial charge >= 0.3 is 23.9 Å². The Morgan fingerprint density at radius 3 is 1.62 bits per heavy atom. The quantitative estimate of drug-likeness (QED) is 0.295. The Hall–Kier alpha value is -2.24. The molecule has 0 aromatic carbocycles. The number of nitrogens with two attached hydrogens (primary N) is 1. The molecule has 0 atom stereocenters. The summed E-state index contributed by atoms with van der Waals surface area (Å²) in [7, 11) is 0. The molecule has 0 saturated heterocycles. The minimum absolute atomic E-state index is 0.0113. The van der Waals surface area contributed by atoms with Crippen LogP contribution < -0.4 is 5.73 Å². The van der Waals surface area contributed by atoms with Crippen molar-refractivity contribution in [3.8, 4) is 0 Å². The Labute approximate surface area is 118 Å². The molecular weight excluding hydrogens is 292 g/mol. The summed E-state index contributed by atoms with van der Waals surface area (Å²) >= 11 is 0. The van der Waals surface area contributed by atoms with Gasteiger partial charge in [0.15, 0.2) is 0 Å². The van der Waals surface area contributed by atoms with Gasteiger partial charge in [-0.2, -0.15) is 0 Å².